The van der Waals surface area contributed by atoms with Crippen molar-refractivity contribution < 1.29 is 4.79 Å². The highest BCUT2D eigenvalue weighted by atomic mass is 32.1. The molecule has 0 spiro atoms. The molecule has 0 aliphatic rings. The van der Waals surface area contributed by atoms with Gasteiger partial charge >= 0.3 is 0 Å². The van der Waals surface area contributed by atoms with Crippen LogP contribution in [-0.2, 0) is 0 Å². The fraction of sp³-hybridized carbons (Fsp3) is 0.125. The SMILES string of the molecule is Cc1cc(C)cc(NC(=O)c2cc(-c3cccs3)[nH]n2)c1. The zero-order valence-electron chi connectivity index (χ0n) is 11.8. The Bertz CT molecular complexity index is 754. The maximum Gasteiger partial charge on any atom is 0.276 e. The van der Waals surface area contributed by atoms with Gasteiger partial charge in [0, 0.05) is 5.69 Å². The summed E-state index contributed by atoms with van der Waals surface area (Å²) in [6, 6.07) is 11.7. The van der Waals surface area contributed by atoms with Crippen LogP contribution in [0.2, 0.25) is 0 Å². The number of aromatic nitrogens is 2. The van der Waals surface area contributed by atoms with Crippen LogP contribution in [0.4, 0.5) is 5.69 Å². The standard InChI is InChI=1S/C16H15N3OS/c1-10-6-11(2)8-12(7-10)17-16(20)14-9-13(18-19-14)15-4-3-5-21-15/h3-9H,1-2H3,(H,17,20)(H,18,19). The average Bonchev–Trinajstić information content (AvgIpc) is 3.09. The van der Waals surface area contributed by atoms with Crippen LogP contribution in [0.5, 0.6) is 0 Å². The zero-order chi connectivity index (χ0) is 14.8. The first kappa shape index (κ1) is 13.6. The Morgan fingerprint density at radius 2 is 1.95 bits per heavy atom. The summed E-state index contributed by atoms with van der Waals surface area (Å²) in [7, 11) is 0. The molecule has 0 atom stereocenters. The topological polar surface area (TPSA) is 57.8 Å². The quantitative estimate of drug-likeness (QED) is 0.767. The molecule has 106 valence electrons. The van der Waals surface area contributed by atoms with Gasteiger partial charge in [0.05, 0.1) is 10.6 Å². The summed E-state index contributed by atoms with van der Waals surface area (Å²) in [4.78, 5) is 13.3. The van der Waals surface area contributed by atoms with Gasteiger partial charge in [-0.1, -0.05) is 12.1 Å². The Hall–Kier alpha value is -2.40. The molecule has 1 amide bonds. The van der Waals surface area contributed by atoms with E-state index in [9.17, 15) is 4.79 Å². The Labute approximate surface area is 126 Å². The van der Waals surface area contributed by atoms with Gasteiger partial charge in [0.2, 0.25) is 0 Å². The van der Waals surface area contributed by atoms with E-state index in [2.05, 4.69) is 21.6 Å². The van der Waals surface area contributed by atoms with Gasteiger partial charge in [-0.15, -0.1) is 11.3 Å². The molecule has 2 aromatic heterocycles. The molecular weight excluding hydrogens is 282 g/mol. The number of hydrogen-bond donors (Lipinski definition) is 2. The van der Waals surface area contributed by atoms with Gasteiger partial charge in [-0.2, -0.15) is 5.10 Å². The summed E-state index contributed by atoms with van der Waals surface area (Å²) in [6.45, 7) is 4.01. The summed E-state index contributed by atoms with van der Waals surface area (Å²) in [5.41, 5.74) is 4.27. The van der Waals surface area contributed by atoms with Crippen molar-refractivity contribution >= 4 is 22.9 Å². The van der Waals surface area contributed by atoms with Crippen LogP contribution in [0.15, 0.2) is 41.8 Å². The molecule has 3 aromatic rings. The van der Waals surface area contributed by atoms with Crippen LogP contribution in [0.25, 0.3) is 10.6 Å². The van der Waals surface area contributed by atoms with E-state index in [-0.39, 0.29) is 5.91 Å². The summed E-state index contributed by atoms with van der Waals surface area (Å²) >= 11 is 1.61. The van der Waals surface area contributed by atoms with Gasteiger partial charge in [0.1, 0.15) is 0 Å². The molecule has 2 N–H and O–H groups in total. The van der Waals surface area contributed by atoms with E-state index in [1.807, 2.05) is 43.5 Å². The molecule has 2 heterocycles. The van der Waals surface area contributed by atoms with Crippen LogP contribution in [0.1, 0.15) is 21.6 Å². The smallest absolute Gasteiger partial charge is 0.276 e. The van der Waals surface area contributed by atoms with Crippen molar-refractivity contribution in [1.82, 2.24) is 10.2 Å². The van der Waals surface area contributed by atoms with Crippen molar-refractivity contribution in [3.63, 3.8) is 0 Å². The first-order valence-corrected chi connectivity index (χ1v) is 7.49. The van der Waals surface area contributed by atoms with E-state index in [1.165, 1.54) is 0 Å². The number of rotatable bonds is 3. The van der Waals surface area contributed by atoms with Crippen LogP contribution in [-0.4, -0.2) is 16.1 Å². The second kappa shape index (κ2) is 5.54. The third kappa shape index (κ3) is 3.03. The van der Waals surface area contributed by atoms with Crippen molar-refractivity contribution in [1.29, 1.82) is 0 Å². The van der Waals surface area contributed by atoms with Gasteiger partial charge in [0.15, 0.2) is 5.69 Å². The number of H-pyrrole nitrogens is 1. The summed E-state index contributed by atoms with van der Waals surface area (Å²) in [6.07, 6.45) is 0. The molecular formula is C16H15N3OS. The number of amides is 1. The van der Waals surface area contributed by atoms with Crippen molar-refractivity contribution in [3.8, 4) is 10.6 Å². The molecule has 0 radical (unpaired) electrons. The normalized spacial score (nSPS) is 10.6. The number of hydrogen-bond acceptors (Lipinski definition) is 3. The van der Waals surface area contributed by atoms with Crippen LogP contribution >= 0.6 is 11.3 Å². The number of nitrogens with zero attached hydrogens (tertiary/aromatic N) is 1. The first-order valence-electron chi connectivity index (χ1n) is 6.61. The van der Waals surface area contributed by atoms with E-state index in [1.54, 1.807) is 17.4 Å². The van der Waals surface area contributed by atoms with E-state index < -0.39 is 0 Å². The highest BCUT2D eigenvalue weighted by Crippen LogP contribution is 2.23. The van der Waals surface area contributed by atoms with Crippen molar-refractivity contribution in [2.24, 2.45) is 0 Å². The molecule has 0 aliphatic carbocycles. The minimum absolute atomic E-state index is 0.209. The largest absolute Gasteiger partial charge is 0.321 e. The third-order valence-electron chi connectivity index (χ3n) is 3.08. The van der Waals surface area contributed by atoms with Crippen LogP contribution in [0.3, 0.4) is 0 Å². The predicted molar refractivity (Wildman–Crippen MR) is 85.8 cm³/mol. The Morgan fingerprint density at radius 3 is 2.62 bits per heavy atom. The lowest BCUT2D eigenvalue weighted by molar-refractivity contribution is 0.102. The molecule has 1 aromatic carbocycles. The first-order chi connectivity index (χ1) is 10.1. The molecule has 0 saturated heterocycles. The maximum absolute atomic E-state index is 12.2. The Balaban J connectivity index is 1.79. The molecule has 5 heteroatoms. The molecule has 4 nitrogen and oxygen atoms in total. The Morgan fingerprint density at radius 1 is 1.19 bits per heavy atom. The lowest BCUT2D eigenvalue weighted by Crippen LogP contribution is -2.12. The monoisotopic (exact) mass is 297 g/mol. The summed E-state index contributed by atoms with van der Waals surface area (Å²) in [5.74, 6) is -0.209. The number of benzene rings is 1. The van der Waals surface area contributed by atoms with Crippen LogP contribution < -0.4 is 5.32 Å². The van der Waals surface area contributed by atoms with Crippen LogP contribution in [0, 0.1) is 13.8 Å². The summed E-state index contributed by atoms with van der Waals surface area (Å²) < 4.78 is 0. The third-order valence-corrected chi connectivity index (χ3v) is 3.98. The number of anilines is 1. The van der Waals surface area contributed by atoms with Gasteiger partial charge in [0.25, 0.3) is 5.91 Å². The molecule has 0 fully saturated rings. The summed E-state index contributed by atoms with van der Waals surface area (Å²) in [5, 5.41) is 11.9. The lowest BCUT2D eigenvalue weighted by atomic mass is 10.1. The lowest BCUT2D eigenvalue weighted by Gasteiger charge is -2.05. The number of nitrogens with one attached hydrogen (secondary N) is 2. The van der Waals surface area contributed by atoms with Crippen molar-refractivity contribution in [2.75, 3.05) is 5.32 Å². The highest BCUT2D eigenvalue weighted by molar-refractivity contribution is 7.13. The molecule has 0 unspecified atom stereocenters. The van der Waals surface area contributed by atoms with E-state index in [4.69, 9.17) is 0 Å². The predicted octanol–water partition coefficient (Wildman–Crippen LogP) is 4.01. The minimum atomic E-state index is -0.209. The van der Waals surface area contributed by atoms with E-state index in [0.29, 0.717) is 5.69 Å². The number of aryl methyl sites for hydroxylation is 2. The molecule has 0 saturated carbocycles. The number of aromatic amines is 1. The fourth-order valence-electron chi connectivity index (χ4n) is 2.24. The minimum Gasteiger partial charge on any atom is -0.321 e. The molecule has 0 aliphatic heterocycles. The molecule has 0 bridgehead atoms. The zero-order valence-corrected chi connectivity index (χ0v) is 12.6. The average molecular weight is 297 g/mol. The fourth-order valence-corrected chi connectivity index (χ4v) is 2.93. The molecule has 3 rings (SSSR count). The molecule has 21 heavy (non-hydrogen) atoms. The highest BCUT2D eigenvalue weighted by Gasteiger charge is 2.12. The van der Waals surface area contributed by atoms with Gasteiger partial charge < -0.3 is 5.32 Å². The van der Waals surface area contributed by atoms with E-state index in [0.717, 1.165) is 27.4 Å². The maximum atomic E-state index is 12.2. The van der Waals surface area contributed by atoms with E-state index >= 15 is 0 Å². The van der Waals surface area contributed by atoms with Crippen molar-refractivity contribution in [2.45, 2.75) is 13.8 Å². The van der Waals surface area contributed by atoms with Gasteiger partial charge in [-0.25, -0.2) is 0 Å². The second-order valence-corrected chi connectivity index (χ2v) is 5.92. The second-order valence-electron chi connectivity index (χ2n) is 4.97. The number of carbonyl (C=O) groups is 1. The van der Waals surface area contributed by atoms with Gasteiger partial charge in [-0.3, -0.25) is 9.89 Å². The Kier molecular flexibility index (Phi) is 3.58. The van der Waals surface area contributed by atoms with Crippen molar-refractivity contribution in [3.05, 3.63) is 58.6 Å². The number of carbonyl (C=O) groups excluding carboxylic acids is 1. The number of thiophene rings is 1. The van der Waals surface area contributed by atoms with Gasteiger partial charge in [-0.05, 0) is 54.6 Å².